The van der Waals surface area contributed by atoms with Crippen LogP contribution in [0.5, 0.6) is 0 Å². The minimum absolute atomic E-state index is 0.00124. The molecule has 0 fully saturated rings. The van der Waals surface area contributed by atoms with E-state index in [0.29, 0.717) is 12.2 Å². The molecule has 0 amide bonds. The van der Waals surface area contributed by atoms with Crippen LogP contribution in [0.2, 0.25) is 0 Å². The second kappa shape index (κ2) is 5.40. The first-order valence-corrected chi connectivity index (χ1v) is 4.49. The maximum Gasteiger partial charge on any atom is 0.338 e. The summed E-state index contributed by atoms with van der Waals surface area (Å²) in [6.45, 7) is 2.15. The Bertz CT molecular complexity index is 290. The molecule has 0 heterocycles. The molecular formula is C11H13O3. The Morgan fingerprint density at radius 1 is 1.43 bits per heavy atom. The molecule has 1 aromatic rings. The van der Waals surface area contributed by atoms with Gasteiger partial charge in [0.05, 0.1) is 18.8 Å². The lowest BCUT2D eigenvalue weighted by atomic mass is 10.1. The van der Waals surface area contributed by atoms with Gasteiger partial charge in [0.1, 0.15) is 0 Å². The van der Waals surface area contributed by atoms with Crippen molar-refractivity contribution in [3.63, 3.8) is 0 Å². The van der Waals surface area contributed by atoms with E-state index >= 15 is 0 Å². The Balaban J connectivity index is 2.67. The molecular weight excluding hydrogens is 180 g/mol. The van der Waals surface area contributed by atoms with Crippen molar-refractivity contribution in [1.82, 2.24) is 0 Å². The average Bonchev–Trinajstić information content (AvgIpc) is 2.20. The van der Waals surface area contributed by atoms with Gasteiger partial charge in [-0.25, -0.2) is 4.79 Å². The Hall–Kier alpha value is -1.35. The number of ether oxygens (including phenoxy) is 1. The third kappa shape index (κ3) is 2.85. The molecule has 0 unspecified atom stereocenters. The maximum atomic E-state index is 11.2. The lowest BCUT2D eigenvalue weighted by molar-refractivity contribution is 0.0526. The van der Waals surface area contributed by atoms with Crippen LogP contribution in [0.15, 0.2) is 24.3 Å². The Morgan fingerprint density at radius 3 is 2.57 bits per heavy atom. The van der Waals surface area contributed by atoms with Crippen LogP contribution < -0.4 is 0 Å². The Morgan fingerprint density at radius 2 is 2.07 bits per heavy atom. The van der Waals surface area contributed by atoms with Gasteiger partial charge in [0, 0.05) is 6.42 Å². The molecule has 0 saturated carbocycles. The van der Waals surface area contributed by atoms with E-state index in [9.17, 15) is 4.79 Å². The summed E-state index contributed by atoms with van der Waals surface area (Å²) in [6.07, 6.45) is 1.66. The molecule has 0 aliphatic carbocycles. The standard InChI is InChI=1S/C11H13O3/c1-2-14-11(13)10-5-3-9(4-6-10)7-8-12/h3-7,12H,2,8H2,1H3. The topological polar surface area (TPSA) is 46.5 Å². The first kappa shape index (κ1) is 10.7. The maximum absolute atomic E-state index is 11.2. The van der Waals surface area contributed by atoms with E-state index in [1.165, 1.54) is 0 Å². The zero-order chi connectivity index (χ0) is 10.4. The molecule has 0 bridgehead atoms. The van der Waals surface area contributed by atoms with Crippen molar-refractivity contribution >= 4 is 5.97 Å². The van der Waals surface area contributed by atoms with Crippen molar-refractivity contribution < 1.29 is 14.6 Å². The van der Waals surface area contributed by atoms with Crippen LogP contribution in [0.1, 0.15) is 22.8 Å². The highest BCUT2D eigenvalue weighted by molar-refractivity contribution is 5.89. The van der Waals surface area contributed by atoms with Crippen molar-refractivity contribution in [3.8, 4) is 0 Å². The summed E-state index contributed by atoms with van der Waals surface area (Å²) in [4.78, 5) is 11.2. The molecule has 3 nitrogen and oxygen atoms in total. The van der Waals surface area contributed by atoms with Gasteiger partial charge in [-0.15, -0.1) is 0 Å². The van der Waals surface area contributed by atoms with Crippen molar-refractivity contribution in [3.05, 3.63) is 41.8 Å². The van der Waals surface area contributed by atoms with Crippen molar-refractivity contribution in [2.45, 2.75) is 6.92 Å². The van der Waals surface area contributed by atoms with Crippen LogP contribution >= 0.6 is 0 Å². The summed E-state index contributed by atoms with van der Waals surface area (Å²) >= 11 is 0. The third-order valence-electron chi connectivity index (χ3n) is 1.75. The SMILES string of the molecule is CCOC(=O)c1ccc([CH]CO)cc1. The molecule has 1 N–H and O–H groups in total. The highest BCUT2D eigenvalue weighted by atomic mass is 16.5. The number of carbonyl (C=O) groups excluding carboxylic acids is 1. The molecule has 3 heteroatoms. The van der Waals surface area contributed by atoms with E-state index in [1.807, 2.05) is 0 Å². The second-order valence-electron chi connectivity index (χ2n) is 2.73. The average molecular weight is 193 g/mol. The van der Waals surface area contributed by atoms with Gasteiger partial charge in [-0.1, -0.05) is 12.1 Å². The van der Waals surface area contributed by atoms with Crippen molar-refractivity contribution in [2.24, 2.45) is 0 Å². The zero-order valence-electron chi connectivity index (χ0n) is 8.06. The highest BCUT2D eigenvalue weighted by Gasteiger charge is 2.04. The lowest BCUT2D eigenvalue weighted by Gasteiger charge is -2.02. The Kier molecular flexibility index (Phi) is 4.13. The minimum atomic E-state index is -0.317. The fourth-order valence-electron chi connectivity index (χ4n) is 1.08. The van der Waals surface area contributed by atoms with Crippen LogP contribution in [0.25, 0.3) is 0 Å². The van der Waals surface area contributed by atoms with Gasteiger partial charge < -0.3 is 9.84 Å². The molecule has 0 aliphatic rings. The number of aliphatic hydroxyl groups is 1. The number of carbonyl (C=O) groups is 1. The normalized spacial score (nSPS) is 9.86. The minimum Gasteiger partial charge on any atom is -0.462 e. The summed E-state index contributed by atoms with van der Waals surface area (Å²) < 4.78 is 4.83. The molecule has 0 aliphatic heterocycles. The summed E-state index contributed by atoms with van der Waals surface area (Å²) in [5.74, 6) is -0.317. The lowest BCUT2D eigenvalue weighted by Crippen LogP contribution is -2.04. The van der Waals surface area contributed by atoms with Gasteiger partial charge in [-0.2, -0.15) is 0 Å². The first-order chi connectivity index (χ1) is 6.77. The monoisotopic (exact) mass is 193 g/mol. The summed E-state index contributed by atoms with van der Waals surface area (Å²) in [5, 5.41) is 8.64. The molecule has 1 aromatic carbocycles. The van der Waals surface area contributed by atoms with Crippen LogP contribution in [0.3, 0.4) is 0 Å². The van der Waals surface area contributed by atoms with Crippen LogP contribution in [-0.4, -0.2) is 24.3 Å². The fourth-order valence-corrected chi connectivity index (χ4v) is 1.08. The van der Waals surface area contributed by atoms with Gasteiger partial charge in [0.2, 0.25) is 0 Å². The van der Waals surface area contributed by atoms with Gasteiger partial charge in [-0.05, 0) is 24.6 Å². The van der Waals surface area contributed by atoms with Gasteiger partial charge in [0.15, 0.2) is 0 Å². The molecule has 0 saturated heterocycles. The van der Waals surface area contributed by atoms with E-state index in [4.69, 9.17) is 9.84 Å². The molecule has 75 valence electrons. The zero-order valence-corrected chi connectivity index (χ0v) is 8.06. The van der Waals surface area contributed by atoms with E-state index in [2.05, 4.69) is 0 Å². The van der Waals surface area contributed by atoms with Crippen LogP contribution in [0.4, 0.5) is 0 Å². The molecule has 0 atom stereocenters. The third-order valence-corrected chi connectivity index (χ3v) is 1.75. The van der Waals surface area contributed by atoms with Gasteiger partial charge >= 0.3 is 5.97 Å². The molecule has 0 aromatic heterocycles. The smallest absolute Gasteiger partial charge is 0.338 e. The van der Waals surface area contributed by atoms with E-state index in [1.54, 1.807) is 37.6 Å². The number of hydrogen-bond donors (Lipinski definition) is 1. The highest BCUT2D eigenvalue weighted by Crippen LogP contribution is 2.07. The van der Waals surface area contributed by atoms with Gasteiger partial charge in [-0.3, -0.25) is 0 Å². The summed E-state index contributed by atoms with van der Waals surface area (Å²) in [5.41, 5.74) is 1.42. The summed E-state index contributed by atoms with van der Waals surface area (Å²) in [7, 11) is 0. The Labute approximate surface area is 83.3 Å². The number of benzene rings is 1. The van der Waals surface area contributed by atoms with Crippen molar-refractivity contribution in [1.29, 1.82) is 0 Å². The predicted molar refractivity (Wildman–Crippen MR) is 52.9 cm³/mol. The quantitative estimate of drug-likeness (QED) is 0.735. The number of esters is 1. The molecule has 14 heavy (non-hydrogen) atoms. The van der Waals surface area contributed by atoms with E-state index in [0.717, 1.165) is 5.56 Å². The summed E-state index contributed by atoms with van der Waals surface area (Å²) in [6, 6.07) is 6.89. The number of aliphatic hydroxyl groups excluding tert-OH is 1. The van der Waals surface area contributed by atoms with Crippen molar-refractivity contribution in [2.75, 3.05) is 13.2 Å². The first-order valence-electron chi connectivity index (χ1n) is 4.49. The molecule has 1 radical (unpaired) electrons. The van der Waals surface area contributed by atoms with Crippen LogP contribution in [0, 0.1) is 6.42 Å². The van der Waals surface area contributed by atoms with E-state index in [-0.39, 0.29) is 12.6 Å². The second-order valence-corrected chi connectivity index (χ2v) is 2.73. The largest absolute Gasteiger partial charge is 0.462 e. The number of hydrogen-bond acceptors (Lipinski definition) is 3. The van der Waals surface area contributed by atoms with Gasteiger partial charge in [0.25, 0.3) is 0 Å². The molecule has 0 spiro atoms. The number of rotatable bonds is 4. The predicted octanol–water partition coefficient (Wildman–Crippen LogP) is 1.41. The fraction of sp³-hybridized carbons (Fsp3) is 0.273. The van der Waals surface area contributed by atoms with E-state index < -0.39 is 0 Å². The molecule has 1 rings (SSSR count). The van der Waals surface area contributed by atoms with Crippen LogP contribution in [-0.2, 0) is 4.74 Å².